The first-order chi connectivity index (χ1) is 9.20. The molecular weight excluding hydrogens is 274 g/mol. The molecule has 0 bridgehead atoms. The van der Waals surface area contributed by atoms with Crippen LogP contribution in [0.25, 0.3) is 0 Å². The molecule has 108 valence electrons. The number of hydrogen-bond donors (Lipinski definition) is 4. The maximum absolute atomic E-state index is 8.99. The first kappa shape index (κ1) is 16.1. The van der Waals surface area contributed by atoms with Crippen molar-refractivity contribution in [3.8, 4) is 0 Å². The highest BCUT2D eigenvalue weighted by atomic mass is 35.5. The minimum Gasteiger partial charge on any atom is -0.399 e. The van der Waals surface area contributed by atoms with E-state index in [0.717, 1.165) is 22.5 Å². The number of benzene rings is 2. The lowest BCUT2D eigenvalue weighted by Crippen LogP contribution is -2.04. The van der Waals surface area contributed by atoms with Gasteiger partial charge in [-0.15, -0.1) is 12.4 Å². The second kappa shape index (κ2) is 7.62. The average Bonchev–Trinajstić information content (AvgIpc) is 2.41. The van der Waals surface area contributed by atoms with Gasteiger partial charge >= 0.3 is 0 Å². The van der Waals surface area contributed by atoms with E-state index in [1.54, 1.807) is 0 Å². The van der Waals surface area contributed by atoms with Crippen molar-refractivity contribution < 1.29 is 5.11 Å². The zero-order valence-electron chi connectivity index (χ0n) is 11.2. The van der Waals surface area contributed by atoms with E-state index < -0.39 is 0 Å². The number of nitrogens with two attached hydrogens (primary N) is 2. The van der Waals surface area contributed by atoms with E-state index in [9.17, 15) is 0 Å². The van der Waals surface area contributed by atoms with Gasteiger partial charge in [0.1, 0.15) is 0 Å². The van der Waals surface area contributed by atoms with Crippen molar-refractivity contribution in [1.29, 1.82) is 0 Å². The van der Waals surface area contributed by atoms with Gasteiger partial charge in [0.15, 0.2) is 0 Å². The minimum atomic E-state index is 0. The summed E-state index contributed by atoms with van der Waals surface area (Å²) >= 11 is 0. The van der Waals surface area contributed by atoms with E-state index in [2.05, 4.69) is 5.32 Å². The molecule has 0 spiro atoms. The van der Waals surface area contributed by atoms with Crippen molar-refractivity contribution in [1.82, 2.24) is 0 Å². The smallest absolute Gasteiger partial charge is 0.0472 e. The Hall–Kier alpha value is -1.91. The van der Waals surface area contributed by atoms with Crippen LogP contribution in [0.15, 0.2) is 42.5 Å². The Morgan fingerprint density at radius 3 is 2.35 bits per heavy atom. The number of aliphatic hydroxyl groups is 1. The van der Waals surface area contributed by atoms with Gasteiger partial charge in [-0.3, -0.25) is 0 Å². The zero-order chi connectivity index (χ0) is 13.7. The number of anilines is 3. The highest BCUT2D eigenvalue weighted by Gasteiger charge is 2.02. The fourth-order valence-corrected chi connectivity index (χ4v) is 1.95. The van der Waals surface area contributed by atoms with Gasteiger partial charge < -0.3 is 21.9 Å². The van der Waals surface area contributed by atoms with Crippen molar-refractivity contribution in [2.45, 2.75) is 13.0 Å². The lowest BCUT2D eigenvalue weighted by Gasteiger charge is -2.11. The SMILES string of the molecule is Cl.Nc1ccc(NCc2ccccc2N)cc1CCO. The fraction of sp³-hybridized carbons (Fsp3) is 0.200. The van der Waals surface area contributed by atoms with Crippen LogP contribution in [0.2, 0.25) is 0 Å². The monoisotopic (exact) mass is 293 g/mol. The number of para-hydroxylation sites is 1. The number of nitrogens with one attached hydrogen (secondary N) is 1. The van der Waals surface area contributed by atoms with E-state index in [0.29, 0.717) is 18.7 Å². The zero-order valence-corrected chi connectivity index (χ0v) is 12.0. The fourth-order valence-electron chi connectivity index (χ4n) is 1.95. The predicted octanol–water partition coefficient (Wildman–Crippen LogP) is 2.42. The molecule has 5 heteroatoms. The van der Waals surface area contributed by atoms with Crippen LogP contribution < -0.4 is 16.8 Å². The van der Waals surface area contributed by atoms with Gasteiger partial charge in [0, 0.05) is 30.2 Å². The summed E-state index contributed by atoms with van der Waals surface area (Å²) in [5, 5.41) is 12.3. The Kier molecular flexibility index (Phi) is 6.15. The molecule has 4 nitrogen and oxygen atoms in total. The molecule has 0 radical (unpaired) electrons. The molecule has 0 aromatic heterocycles. The Morgan fingerprint density at radius 1 is 0.950 bits per heavy atom. The molecule has 0 aliphatic rings. The molecule has 2 aromatic rings. The number of aliphatic hydroxyl groups excluding tert-OH is 1. The molecular formula is C15H20ClN3O. The molecule has 0 atom stereocenters. The van der Waals surface area contributed by atoms with Crippen LogP contribution >= 0.6 is 12.4 Å². The Morgan fingerprint density at radius 2 is 1.65 bits per heavy atom. The van der Waals surface area contributed by atoms with Gasteiger partial charge in [-0.1, -0.05) is 18.2 Å². The van der Waals surface area contributed by atoms with Crippen LogP contribution in [-0.4, -0.2) is 11.7 Å². The summed E-state index contributed by atoms with van der Waals surface area (Å²) in [4.78, 5) is 0. The number of rotatable bonds is 5. The molecule has 2 aromatic carbocycles. The van der Waals surface area contributed by atoms with Gasteiger partial charge in [-0.05, 0) is 41.8 Å². The summed E-state index contributed by atoms with van der Waals surface area (Å²) in [6.45, 7) is 0.758. The lowest BCUT2D eigenvalue weighted by molar-refractivity contribution is 0.300. The molecule has 0 aliphatic heterocycles. The van der Waals surface area contributed by atoms with Crippen LogP contribution in [0, 0.1) is 0 Å². The third-order valence-corrected chi connectivity index (χ3v) is 3.06. The van der Waals surface area contributed by atoms with Gasteiger partial charge in [-0.2, -0.15) is 0 Å². The molecule has 0 aliphatic carbocycles. The van der Waals surface area contributed by atoms with Crippen LogP contribution in [-0.2, 0) is 13.0 Å². The average molecular weight is 294 g/mol. The van der Waals surface area contributed by atoms with E-state index in [1.165, 1.54) is 0 Å². The normalized spacial score (nSPS) is 9.85. The third kappa shape index (κ3) is 4.05. The molecule has 20 heavy (non-hydrogen) atoms. The molecule has 2 rings (SSSR count). The summed E-state index contributed by atoms with van der Waals surface area (Å²) in [6, 6.07) is 13.5. The Balaban J connectivity index is 0.00000200. The van der Waals surface area contributed by atoms with Crippen molar-refractivity contribution in [2.75, 3.05) is 23.4 Å². The van der Waals surface area contributed by atoms with Crippen LogP contribution in [0.3, 0.4) is 0 Å². The first-order valence-electron chi connectivity index (χ1n) is 6.27. The molecule has 0 amide bonds. The number of hydrogen-bond acceptors (Lipinski definition) is 4. The van der Waals surface area contributed by atoms with Gasteiger partial charge in [0.25, 0.3) is 0 Å². The number of nitrogen functional groups attached to an aromatic ring is 2. The highest BCUT2D eigenvalue weighted by Crippen LogP contribution is 2.20. The number of halogens is 1. The maximum Gasteiger partial charge on any atom is 0.0472 e. The van der Waals surface area contributed by atoms with E-state index in [-0.39, 0.29) is 19.0 Å². The summed E-state index contributed by atoms with van der Waals surface area (Å²) < 4.78 is 0. The molecule has 0 saturated heterocycles. The second-order valence-electron chi connectivity index (χ2n) is 4.44. The topological polar surface area (TPSA) is 84.3 Å². The van der Waals surface area contributed by atoms with Gasteiger partial charge in [-0.25, -0.2) is 0 Å². The van der Waals surface area contributed by atoms with Crippen molar-refractivity contribution in [3.05, 3.63) is 53.6 Å². The quantitative estimate of drug-likeness (QED) is 0.638. The molecule has 0 heterocycles. The van der Waals surface area contributed by atoms with Crippen LogP contribution in [0.4, 0.5) is 17.1 Å². The largest absolute Gasteiger partial charge is 0.399 e. The lowest BCUT2D eigenvalue weighted by atomic mass is 10.1. The second-order valence-corrected chi connectivity index (χ2v) is 4.44. The molecule has 0 fully saturated rings. The maximum atomic E-state index is 8.99. The minimum absolute atomic E-state index is 0. The summed E-state index contributed by atoms with van der Waals surface area (Å²) in [5.41, 5.74) is 16.2. The van der Waals surface area contributed by atoms with Gasteiger partial charge in [0.2, 0.25) is 0 Å². The highest BCUT2D eigenvalue weighted by molar-refractivity contribution is 5.85. The summed E-state index contributed by atoms with van der Waals surface area (Å²) in [7, 11) is 0. The first-order valence-corrected chi connectivity index (χ1v) is 6.27. The summed E-state index contributed by atoms with van der Waals surface area (Å²) in [5.74, 6) is 0. The third-order valence-electron chi connectivity index (χ3n) is 3.06. The van der Waals surface area contributed by atoms with E-state index >= 15 is 0 Å². The Labute approximate surface area is 125 Å². The summed E-state index contributed by atoms with van der Waals surface area (Å²) in [6.07, 6.45) is 0.564. The molecule has 0 saturated carbocycles. The van der Waals surface area contributed by atoms with Gasteiger partial charge in [0.05, 0.1) is 0 Å². The van der Waals surface area contributed by atoms with Crippen LogP contribution in [0.5, 0.6) is 0 Å². The van der Waals surface area contributed by atoms with Crippen LogP contribution in [0.1, 0.15) is 11.1 Å². The predicted molar refractivity (Wildman–Crippen MR) is 87.1 cm³/mol. The molecule has 6 N–H and O–H groups in total. The van der Waals surface area contributed by atoms with Crippen molar-refractivity contribution in [2.24, 2.45) is 0 Å². The van der Waals surface area contributed by atoms with Crippen molar-refractivity contribution >= 4 is 29.5 Å². The van der Waals surface area contributed by atoms with E-state index in [1.807, 2.05) is 42.5 Å². The molecule has 0 unspecified atom stereocenters. The van der Waals surface area contributed by atoms with Crippen molar-refractivity contribution in [3.63, 3.8) is 0 Å². The Bertz CT molecular complexity index is 561. The van der Waals surface area contributed by atoms with E-state index in [4.69, 9.17) is 16.6 Å². The standard InChI is InChI=1S/C15H19N3O.ClH/c16-14-4-2-1-3-12(14)10-18-13-5-6-15(17)11(9-13)7-8-19;/h1-6,9,18-19H,7-8,10,16-17H2;1H.